The molecular weight excluding hydrogens is 428 g/mol. The van der Waals surface area contributed by atoms with Crippen LogP contribution in [0.25, 0.3) is 17.2 Å². The van der Waals surface area contributed by atoms with Gasteiger partial charge in [0.05, 0.1) is 0 Å². The van der Waals surface area contributed by atoms with Crippen LogP contribution in [-0.4, -0.2) is 5.78 Å². The number of allylic oxidation sites excluding steroid dienone is 1. The standard InChI is InChI=1S/C21H14Br2O/c22-19-9-5-4-8-18(19)21(24)13-12-16-10-11-17(14-20(16)23)15-6-2-1-3-7-15/h1-14H/b13-12+. The van der Waals surface area contributed by atoms with Gasteiger partial charge in [0.1, 0.15) is 0 Å². The van der Waals surface area contributed by atoms with Crippen molar-refractivity contribution in [3.8, 4) is 11.1 Å². The molecule has 1 nitrogen and oxygen atoms in total. The third-order valence-corrected chi connectivity index (χ3v) is 5.04. The molecule has 0 fully saturated rings. The van der Waals surface area contributed by atoms with E-state index < -0.39 is 0 Å². The molecule has 0 aliphatic carbocycles. The molecule has 0 saturated heterocycles. The zero-order valence-corrected chi connectivity index (χ0v) is 15.9. The van der Waals surface area contributed by atoms with Crippen molar-refractivity contribution in [2.24, 2.45) is 0 Å². The van der Waals surface area contributed by atoms with Crippen LogP contribution in [-0.2, 0) is 0 Å². The molecule has 24 heavy (non-hydrogen) atoms. The Labute approximate surface area is 158 Å². The topological polar surface area (TPSA) is 17.1 Å². The van der Waals surface area contributed by atoms with Gasteiger partial charge in [-0.15, -0.1) is 0 Å². The van der Waals surface area contributed by atoms with Crippen LogP contribution in [0.15, 0.2) is 87.8 Å². The van der Waals surface area contributed by atoms with Gasteiger partial charge < -0.3 is 0 Å². The number of ketones is 1. The average Bonchev–Trinajstić information content (AvgIpc) is 2.61. The summed E-state index contributed by atoms with van der Waals surface area (Å²) in [6, 6.07) is 23.8. The lowest BCUT2D eigenvalue weighted by molar-refractivity contribution is 0.104. The van der Waals surface area contributed by atoms with Gasteiger partial charge in [0.25, 0.3) is 0 Å². The molecule has 0 saturated carbocycles. The third-order valence-electron chi connectivity index (χ3n) is 3.66. The molecule has 3 heteroatoms. The van der Waals surface area contributed by atoms with E-state index in [1.54, 1.807) is 6.08 Å². The van der Waals surface area contributed by atoms with Gasteiger partial charge in [-0.05, 0) is 47.0 Å². The van der Waals surface area contributed by atoms with Gasteiger partial charge in [-0.25, -0.2) is 0 Å². The zero-order chi connectivity index (χ0) is 16.9. The van der Waals surface area contributed by atoms with Crippen molar-refractivity contribution in [3.63, 3.8) is 0 Å². The van der Waals surface area contributed by atoms with Crippen LogP contribution in [0.3, 0.4) is 0 Å². The minimum Gasteiger partial charge on any atom is -0.289 e. The molecule has 0 aliphatic rings. The van der Waals surface area contributed by atoms with Gasteiger partial charge >= 0.3 is 0 Å². The van der Waals surface area contributed by atoms with E-state index in [4.69, 9.17) is 0 Å². The van der Waals surface area contributed by atoms with Crippen LogP contribution in [0.5, 0.6) is 0 Å². The zero-order valence-electron chi connectivity index (χ0n) is 12.7. The monoisotopic (exact) mass is 440 g/mol. The Kier molecular flexibility index (Phi) is 5.44. The molecule has 3 rings (SSSR count). The van der Waals surface area contributed by atoms with Gasteiger partial charge in [0.2, 0.25) is 0 Å². The fraction of sp³-hybridized carbons (Fsp3) is 0. The molecule has 0 aromatic heterocycles. The van der Waals surface area contributed by atoms with E-state index in [1.165, 1.54) is 0 Å². The van der Waals surface area contributed by atoms with Crippen LogP contribution >= 0.6 is 31.9 Å². The van der Waals surface area contributed by atoms with E-state index in [9.17, 15) is 4.79 Å². The summed E-state index contributed by atoms with van der Waals surface area (Å²) < 4.78 is 1.76. The highest BCUT2D eigenvalue weighted by Crippen LogP contribution is 2.27. The normalized spacial score (nSPS) is 10.9. The lowest BCUT2D eigenvalue weighted by atomic mass is 10.0. The molecule has 0 amide bonds. The Morgan fingerprint density at radius 3 is 2.17 bits per heavy atom. The molecule has 0 spiro atoms. The first-order chi connectivity index (χ1) is 11.6. The first-order valence-electron chi connectivity index (χ1n) is 7.47. The van der Waals surface area contributed by atoms with Crippen LogP contribution in [0.2, 0.25) is 0 Å². The van der Waals surface area contributed by atoms with Gasteiger partial charge in [-0.3, -0.25) is 4.79 Å². The van der Waals surface area contributed by atoms with Crippen molar-refractivity contribution in [1.29, 1.82) is 0 Å². The highest BCUT2D eigenvalue weighted by atomic mass is 79.9. The summed E-state index contributed by atoms with van der Waals surface area (Å²) in [6.07, 6.45) is 3.43. The molecule has 0 bridgehead atoms. The number of halogens is 2. The fourth-order valence-electron chi connectivity index (χ4n) is 2.39. The van der Waals surface area contributed by atoms with Gasteiger partial charge in [-0.1, -0.05) is 86.5 Å². The van der Waals surface area contributed by atoms with Gasteiger partial charge in [0, 0.05) is 14.5 Å². The predicted octanol–water partition coefficient (Wildman–Crippen LogP) is 6.77. The largest absolute Gasteiger partial charge is 0.289 e. The summed E-state index contributed by atoms with van der Waals surface area (Å²) >= 11 is 7.00. The molecule has 0 radical (unpaired) electrons. The molecule has 0 unspecified atom stereocenters. The third kappa shape index (κ3) is 3.92. The maximum atomic E-state index is 12.3. The number of benzene rings is 3. The maximum Gasteiger partial charge on any atom is 0.186 e. The Hall–Kier alpha value is -1.97. The molecule has 3 aromatic rings. The number of hydrogen-bond acceptors (Lipinski definition) is 1. The first kappa shape index (κ1) is 16.9. The second-order valence-electron chi connectivity index (χ2n) is 5.28. The van der Waals surface area contributed by atoms with E-state index in [1.807, 2.05) is 54.6 Å². The number of carbonyl (C=O) groups excluding carboxylic acids is 1. The molecular formula is C21H14Br2O. The van der Waals surface area contributed by atoms with Crippen LogP contribution in [0.1, 0.15) is 15.9 Å². The molecule has 3 aromatic carbocycles. The number of carbonyl (C=O) groups is 1. The van der Waals surface area contributed by atoms with E-state index >= 15 is 0 Å². The average molecular weight is 442 g/mol. The Balaban J connectivity index is 1.83. The summed E-state index contributed by atoms with van der Waals surface area (Å²) in [6.45, 7) is 0. The molecule has 0 heterocycles. The van der Waals surface area contributed by atoms with Gasteiger partial charge in [0.15, 0.2) is 5.78 Å². The van der Waals surface area contributed by atoms with Crippen LogP contribution < -0.4 is 0 Å². The number of rotatable bonds is 4. The Morgan fingerprint density at radius 1 is 0.750 bits per heavy atom. The van der Waals surface area contributed by atoms with E-state index in [0.29, 0.717) is 5.56 Å². The van der Waals surface area contributed by atoms with Crippen molar-refractivity contribution in [2.45, 2.75) is 0 Å². The van der Waals surface area contributed by atoms with Crippen molar-refractivity contribution in [3.05, 3.63) is 98.9 Å². The summed E-state index contributed by atoms with van der Waals surface area (Å²) in [5, 5.41) is 0. The number of hydrogen-bond donors (Lipinski definition) is 0. The van der Waals surface area contributed by atoms with Crippen LogP contribution in [0, 0.1) is 0 Å². The van der Waals surface area contributed by atoms with Crippen molar-refractivity contribution in [1.82, 2.24) is 0 Å². The van der Waals surface area contributed by atoms with E-state index in [2.05, 4.69) is 56.1 Å². The summed E-state index contributed by atoms with van der Waals surface area (Å²) in [5.41, 5.74) is 3.93. The quantitative estimate of drug-likeness (QED) is 0.322. The van der Waals surface area contributed by atoms with Crippen molar-refractivity contribution >= 4 is 43.7 Å². The second-order valence-corrected chi connectivity index (χ2v) is 6.99. The molecule has 0 atom stereocenters. The lowest BCUT2D eigenvalue weighted by Crippen LogP contribution is -1.95. The molecule has 118 valence electrons. The molecule has 0 aliphatic heterocycles. The summed E-state index contributed by atoms with van der Waals surface area (Å²) in [7, 11) is 0. The fourth-order valence-corrected chi connectivity index (χ4v) is 3.38. The van der Waals surface area contributed by atoms with Gasteiger partial charge in [-0.2, -0.15) is 0 Å². The molecule has 0 N–H and O–H groups in total. The summed E-state index contributed by atoms with van der Waals surface area (Å²) in [4.78, 5) is 12.3. The summed E-state index contributed by atoms with van der Waals surface area (Å²) in [5.74, 6) is -0.0264. The highest BCUT2D eigenvalue weighted by Gasteiger charge is 2.06. The van der Waals surface area contributed by atoms with Crippen molar-refractivity contribution < 1.29 is 4.79 Å². The van der Waals surface area contributed by atoms with Crippen molar-refractivity contribution in [2.75, 3.05) is 0 Å². The Morgan fingerprint density at radius 2 is 1.46 bits per heavy atom. The first-order valence-corrected chi connectivity index (χ1v) is 9.05. The minimum atomic E-state index is -0.0264. The Bertz CT molecular complexity index is 899. The SMILES string of the molecule is O=C(/C=C/c1ccc(-c2ccccc2)cc1Br)c1ccccc1Br. The van der Waals surface area contributed by atoms with Crippen LogP contribution in [0.4, 0.5) is 0 Å². The van der Waals surface area contributed by atoms with E-state index in [-0.39, 0.29) is 5.78 Å². The smallest absolute Gasteiger partial charge is 0.186 e. The minimum absolute atomic E-state index is 0.0264. The second kappa shape index (κ2) is 7.73. The predicted molar refractivity (Wildman–Crippen MR) is 107 cm³/mol. The maximum absolute atomic E-state index is 12.3. The lowest BCUT2D eigenvalue weighted by Gasteiger charge is -2.05. The highest BCUT2D eigenvalue weighted by molar-refractivity contribution is 9.10. The van der Waals surface area contributed by atoms with E-state index in [0.717, 1.165) is 25.6 Å².